The van der Waals surface area contributed by atoms with Crippen LogP contribution in [0, 0.1) is 17.8 Å². The number of hydrogen-bond acceptors (Lipinski definition) is 2. The molecule has 0 unspecified atom stereocenters. The second-order valence-electron chi connectivity index (χ2n) is 4.65. The molecule has 2 rings (SSSR count). The molecule has 2 atom stereocenters. The highest BCUT2D eigenvalue weighted by Crippen LogP contribution is 2.37. The molecule has 88 valence electrons. The molecule has 3 nitrogen and oxygen atoms in total. The summed E-state index contributed by atoms with van der Waals surface area (Å²) in [5.41, 5.74) is 0. The standard InChI is InChI=1S/C11H19NO2.ClH/c13-11(14)9-5-6-12-7-10(9)8-3-1-2-4-8;/h8-10,12H,1-7H2,(H,13,14);1H/t9-,10-;/m1./s1. The molecule has 0 aromatic rings. The number of piperidine rings is 1. The molecule has 4 heteroatoms. The molecule has 15 heavy (non-hydrogen) atoms. The number of nitrogens with one attached hydrogen (secondary N) is 1. The Balaban J connectivity index is 0.00000112. The van der Waals surface area contributed by atoms with Crippen molar-refractivity contribution in [3.8, 4) is 0 Å². The molecule has 0 aromatic carbocycles. The Kier molecular flexibility index (Phi) is 4.87. The molecular weight excluding hydrogens is 214 g/mol. The van der Waals surface area contributed by atoms with E-state index >= 15 is 0 Å². The van der Waals surface area contributed by atoms with Gasteiger partial charge in [0.15, 0.2) is 0 Å². The summed E-state index contributed by atoms with van der Waals surface area (Å²) >= 11 is 0. The Labute approximate surface area is 97.0 Å². The minimum absolute atomic E-state index is 0. The third-order valence-corrected chi connectivity index (χ3v) is 3.85. The maximum atomic E-state index is 11.1. The first-order chi connectivity index (χ1) is 6.79. The molecule has 2 fully saturated rings. The number of hydrogen-bond donors (Lipinski definition) is 2. The summed E-state index contributed by atoms with van der Waals surface area (Å²) in [7, 11) is 0. The molecule has 0 aromatic heterocycles. The number of rotatable bonds is 2. The summed E-state index contributed by atoms with van der Waals surface area (Å²) in [6.45, 7) is 1.79. The second-order valence-corrected chi connectivity index (χ2v) is 4.65. The summed E-state index contributed by atoms with van der Waals surface area (Å²) in [5, 5.41) is 12.5. The van der Waals surface area contributed by atoms with Crippen molar-refractivity contribution in [3.05, 3.63) is 0 Å². The van der Waals surface area contributed by atoms with E-state index in [4.69, 9.17) is 5.11 Å². The SMILES string of the molecule is Cl.O=C(O)[C@@H]1CCNC[C@@H]1C1CCCC1. The van der Waals surface area contributed by atoms with E-state index in [0.29, 0.717) is 11.8 Å². The van der Waals surface area contributed by atoms with Gasteiger partial charge < -0.3 is 10.4 Å². The van der Waals surface area contributed by atoms with E-state index in [1.807, 2.05) is 0 Å². The predicted octanol–water partition coefficient (Wildman–Crippen LogP) is 1.91. The van der Waals surface area contributed by atoms with Crippen LogP contribution < -0.4 is 5.32 Å². The highest BCUT2D eigenvalue weighted by molar-refractivity contribution is 5.85. The van der Waals surface area contributed by atoms with Gasteiger partial charge >= 0.3 is 5.97 Å². The minimum Gasteiger partial charge on any atom is -0.481 e. The lowest BCUT2D eigenvalue weighted by molar-refractivity contribution is -0.145. The van der Waals surface area contributed by atoms with E-state index in [-0.39, 0.29) is 18.3 Å². The summed E-state index contributed by atoms with van der Waals surface area (Å²) < 4.78 is 0. The quantitative estimate of drug-likeness (QED) is 0.766. The van der Waals surface area contributed by atoms with Crippen molar-refractivity contribution in [2.75, 3.05) is 13.1 Å². The van der Waals surface area contributed by atoms with Gasteiger partial charge in [0.25, 0.3) is 0 Å². The molecular formula is C11H20ClNO2. The number of carboxylic acids is 1. The van der Waals surface area contributed by atoms with Crippen LogP contribution in [0.1, 0.15) is 32.1 Å². The Bertz CT molecular complexity index is 217. The van der Waals surface area contributed by atoms with Crippen LogP contribution in [-0.4, -0.2) is 24.2 Å². The van der Waals surface area contributed by atoms with Crippen LogP contribution in [0.3, 0.4) is 0 Å². The normalized spacial score (nSPS) is 32.3. The van der Waals surface area contributed by atoms with E-state index < -0.39 is 5.97 Å². The number of carbonyl (C=O) groups is 1. The Hall–Kier alpha value is -0.280. The van der Waals surface area contributed by atoms with E-state index in [2.05, 4.69) is 5.32 Å². The lowest BCUT2D eigenvalue weighted by Crippen LogP contribution is -2.43. The van der Waals surface area contributed by atoms with Gasteiger partial charge in [0.2, 0.25) is 0 Å². The van der Waals surface area contributed by atoms with Gasteiger partial charge in [0, 0.05) is 0 Å². The summed E-state index contributed by atoms with van der Waals surface area (Å²) in [6, 6.07) is 0. The molecule has 1 heterocycles. The van der Waals surface area contributed by atoms with Crippen molar-refractivity contribution in [2.24, 2.45) is 17.8 Å². The maximum absolute atomic E-state index is 11.1. The fourth-order valence-electron chi connectivity index (χ4n) is 3.07. The van der Waals surface area contributed by atoms with Gasteiger partial charge in [-0.05, 0) is 31.3 Å². The maximum Gasteiger partial charge on any atom is 0.306 e. The van der Waals surface area contributed by atoms with Crippen LogP contribution in [0.5, 0.6) is 0 Å². The topological polar surface area (TPSA) is 49.3 Å². The van der Waals surface area contributed by atoms with Gasteiger partial charge in [-0.25, -0.2) is 0 Å². The molecule has 0 bridgehead atoms. The van der Waals surface area contributed by atoms with Crippen molar-refractivity contribution in [2.45, 2.75) is 32.1 Å². The fourth-order valence-corrected chi connectivity index (χ4v) is 3.07. The molecule has 1 aliphatic carbocycles. The van der Waals surface area contributed by atoms with Crippen LogP contribution in [0.4, 0.5) is 0 Å². The number of halogens is 1. The zero-order valence-corrected chi connectivity index (χ0v) is 9.76. The van der Waals surface area contributed by atoms with Gasteiger partial charge in [0.1, 0.15) is 0 Å². The second kappa shape index (κ2) is 5.71. The number of carboxylic acid groups (broad SMARTS) is 1. The molecule has 2 N–H and O–H groups in total. The molecule has 2 aliphatic rings. The largest absolute Gasteiger partial charge is 0.481 e. The highest BCUT2D eigenvalue weighted by Gasteiger charge is 2.36. The third kappa shape index (κ3) is 2.85. The molecule has 0 spiro atoms. The van der Waals surface area contributed by atoms with Crippen molar-refractivity contribution in [3.63, 3.8) is 0 Å². The average Bonchev–Trinajstić information content (AvgIpc) is 2.70. The van der Waals surface area contributed by atoms with Crippen molar-refractivity contribution in [1.29, 1.82) is 0 Å². The average molecular weight is 234 g/mol. The first-order valence-corrected chi connectivity index (χ1v) is 5.72. The van der Waals surface area contributed by atoms with Crippen LogP contribution in [0.15, 0.2) is 0 Å². The van der Waals surface area contributed by atoms with Crippen LogP contribution in [0.25, 0.3) is 0 Å². The van der Waals surface area contributed by atoms with Gasteiger partial charge in [-0.1, -0.05) is 25.7 Å². The minimum atomic E-state index is -0.580. The van der Waals surface area contributed by atoms with Crippen LogP contribution in [0.2, 0.25) is 0 Å². The van der Waals surface area contributed by atoms with Gasteiger partial charge in [-0.2, -0.15) is 0 Å². The first-order valence-electron chi connectivity index (χ1n) is 5.72. The zero-order chi connectivity index (χ0) is 9.97. The van der Waals surface area contributed by atoms with E-state index in [0.717, 1.165) is 19.5 Å². The monoisotopic (exact) mass is 233 g/mol. The molecule has 1 saturated heterocycles. The first kappa shape index (κ1) is 12.8. The lowest BCUT2D eigenvalue weighted by Gasteiger charge is -2.33. The molecule has 1 aliphatic heterocycles. The van der Waals surface area contributed by atoms with Gasteiger partial charge in [0.05, 0.1) is 5.92 Å². The Morgan fingerprint density at radius 3 is 2.47 bits per heavy atom. The van der Waals surface area contributed by atoms with E-state index in [1.54, 1.807) is 0 Å². The zero-order valence-electron chi connectivity index (χ0n) is 8.95. The van der Waals surface area contributed by atoms with Gasteiger partial charge in [-0.15, -0.1) is 12.4 Å². The van der Waals surface area contributed by atoms with Gasteiger partial charge in [-0.3, -0.25) is 4.79 Å². The molecule has 0 amide bonds. The smallest absolute Gasteiger partial charge is 0.306 e. The highest BCUT2D eigenvalue weighted by atomic mass is 35.5. The van der Waals surface area contributed by atoms with Crippen molar-refractivity contribution >= 4 is 18.4 Å². The van der Waals surface area contributed by atoms with Crippen LogP contribution in [-0.2, 0) is 4.79 Å². The summed E-state index contributed by atoms with van der Waals surface area (Å²) in [6.07, 6.45) is 5.91. The fraction of sp³-hybridized carbons (Fsp3) is 0.909. The summed E-state index contributed by atoms with van der Waals surface area (Å²) in [5.74, 6) is 0.399. The molecule has 1 saturated carbocycles. The lowest BCUT2D eigenvalue weighted by atomic mass is 9.77. The van der Waals surface area contributed by atoms with Crippen molar-refractivity contribution in [1.82, 2.24) is 5.32 Å². The number of aliphatic carboxylic acids is 1. The predicted molar refractivity (Wildman–Crippen MR) is 61.3 cm³/mol. The molecule has 0 radical (unpaired) electrons. The van der Waals surface area contributed by atoms with Crippen molar-refractivity contribution < 1.29 is 9.90 Å². The van der Waals surface area contributed by atoms with Crippen LogP contribution >= 0.6 is 12.4 Å². The van der Waals surface area contributed by atoms with E-state index in [9.17, 15) is 4.79 Å². The Morgan fingerprint density at radius 2 is 1.87 bits per heavy atom. The Morgan fingerprint density at radius 1 is 1.20 bits per heavy atom. The third-order valence-electron chi connectivity index (χ3n) is 3.85. The van der Waals surface area contributed by atoms with E-state index in [1.165, 1.54) is 25.7 Å². The summed E-state index contributed by atoms with van der Waals surface area (Å²) in [4.78, 5) is 11.1.